The van der Waals surface area contributed by atoms with Gasteiger partial charge in [-0.15, -0.1) is 0 Å². The first-order chi connectivity index (χ1) is 14.8. The summed E-state index contributed by atoms with van der Waals surface area (Å²) in [5.74, 6) is -0.393. The van der Waals surface area contributed by atoms with Crippen LogP contribution in [0.5, 0.6) is 5.75 Å². The zero-order valence-corrected chi connectivity index (χ0v) is 17.3. The second-order valence-corrected chi connectivity index (χ2v) is 7.51. The molecule has 1 heterocycles. The quantitative estimate of drug-likeness (QED) is 0.620. The van der Waals surface area contributed by atoms with Gasteiger partial charge in [0.15, 0.2) is 0 Å². The average Bonchev–Trinajstić information content (AvgIpc) is 2.75. The van der Waals surface area contributed by atoms with Crippen LogP contribution in [0.2, 0.25) is 0 Å². The number of hydrogen-bond acceptors (Lipinski definition) is 4. The van der Waals surface area contributed by atoms with Gasteiger partial charge in [-0.2, -0.15) is 8.78 Å². The average molecular weight is 432 g/mol. The Bertz CT molecular complexity index is 892. The Labute approximate surface area is 179 Å². The second kappa shape index (κ2) is 9.76. The topological polar surface area (TPSA) is 81.9 Å². The molecule has 0 bridgehead atoms. The normalized spacial score (nSPS) is 19.7. The number of carbonyl (C=O) groups is 2. The lowest BCUT2D eigenvalue weighted by Gasteiger charge is -2.44. The van der Waals surface area contributed by atoms with Crippen LogP contribution in [-0.4, -0.2) is 30.1 Å². The Morgan fingerprint density at radius 1 is 1.19 bits per heavy atom. The number of nitrogens with zero attached hydrogens (tertiary/aromatic N) is 1. The fourth-order valence-electron chi connectivity index (χ4n) is 4.05. The van der Waals surface area contributed by atoms with Gasteiger partial charge >= 0.3 is 12.7 Å². The van der Waals surface area contributed by atoms with Crippen LogP contribution in [0.15, 0.2) is 54.6 Å². The monoisotopic (exact) mass is 432 g/mol. The molecular formula is C23H26F2N2O4. The van der Waals surface area contributed by atoms with Crippen molar-refractivity contribution < 1.29 is 27.8 Å². The number of primary amides is 1. The van der Waals surface area contributed by atoms with Gasteiger partial charge in [-0.3, -0.25) is 4.79 Å². The third-order valence-electron chi connectivity index (χ3n) is 5.60. The summed E-state index contributed by atoms with van der Waals surface area (Å²) >= 11 is 0. The molecule has 2 N–H and O–H groups in total. The summed E-state index contributed by atoms with van der Waals surface area (Å²) in [6, 6.07) is 15.3. The highest BCUT2D eigenvalue weighted by Crippen LogP contribution is 2.41. The Kier molecular flexibility index (Phi) is 7.09. The molecular weight excluding hydrogens is 406 g/mol. The van der Waals surface area contributed by atoms with E-state index >= 15 is 0 Å². The maximum Gasteiger partial charge on any atom is 0.411 e. The smallest absolute Gasteiger partial charge is 0.411 e. The number of hydrogen-bond donors (Lipinski definition) is 1. The van der Waals surface area contributed by atoms with Crippen LogP contribution in [0.25, 0.3) is 0 Å². The predicted octanol–water partition coefficient (Wildman–Crippen LogP) is 4.74. The number of carbonyl (C=O) groups excluding carboxylic acids is 2. The van der Waals surface area contributed by atoms with E-state index in [1.54, 1.807) is 17.0 Å². The number of rotatable bonds is 9. The SMILES string of the molecule is CC[C@@H](c1ccc(OC(F)F)cc1)N1CCC(CCC(N)=O)(c2ccccc2)OC1=O. The van der Waals surface area contributed by atoms with E-state index in [4.69, 9.17) is 10.5 Å². The van der Waals surface area contributed by atoms with Crippen LogP contribution < -0.4 is 10.5 Å². The molecule has 2 aromatic rings. The number of alkyl halides is 2. The van der Waals surface area contributed by atoms with Gasteiger partial charge in [0.05, 0.1) is 6.04 Å². The molecule has 2 amide bonds. The van der Waals surface area contributed by atoms with Crippen LogP contribution >= 0.6 is 0 Å². The Morgan fingerprint density at radius 2 is 1.87 bits per heavy atom. The number of cyclic esters (lactones) is 1. The van der Waals surface area contributed by atoms with E-state index in [0.717, 1.165) is 11.1 Å². The summed E-state index contributed by atoms with van der Waals surface area (Å²) in [6.07, 6.45) is 1.04. The van der Waals surface area contributed by atoms with Crippen LogP contribution in [0.1, 0.15) is 49.8 Å². The molecule has 0 saturated carbocycles. The van der Waals surface area contributed by atoms with Crippen molar-refractivity contribution in [3.8, 4) is 5.75 Å². The van der Waals surface area contributed by atoms with Gasteiger partial charge in [-0.1, -0.05) is 49.4 Å². The van der Waals surface area contributed by atoms with Gasteiger partial charge < -0.3 is 20.1 Å². The molecule has 31 heavy (non-hydrogen) atoms. The molecule has 8 heteroatoms. The summed E-state index contributed by atoms with van der Waals surface area (Å²) in [6.45, 7) is -0.537. The molecule has 2 aromatic carbocycles. The zero-order valence-electron chi connectivity index (χ0n) is 17.3. The molecule has 1 saturated heterocycles. The van der Waals surface area contributed by atoms with E-state index in [1.807, 2.05) is 37.3 Å². The van der Waals surface area contributed by atoms with Crippen molar-refractivity contribution in [1.29, 1.82) is 0 Å². The van der Waals surface area contributed by atoms with Crippen molar-refractivity contribution in [2.45, 2.75) is 50.9 Å². The second-order valence-electron chi connectivity index (χ2n) is 7.51. The molecule has 2 atom stereocenters. The first-order valence-electron chi connectivity index (χ1n) is 10.2. The summed E-state index contributed by atoms with van der Waals surface area (Å²) < 4.78 is 35.1. The summed E-state index contributed by atoms with van der Waals surface area (Å²) in [5.41, 5.74) is 6.05. The van der Waals surface area contributed by atoms with Crippen LogP contribution in [0.4, 0.5) is 13.6 Å². The largest absolute Gasteiger partial charge is 0.438 e. The van der Waals surface area contributed by atoms with E-state index < -0.39 is 24.2 Å². The van der Waals surface area contributed by atoms with Gasteiger partial charge in [0, 0.05) is 25.8 Å². The fourth-order valence-corrected chi connectivity index (χ4v) is 4.05. The molecule has 1 aliphatic rings. The lowest BCUT2D eigenvalue weighted by molar-refractivity contribution is -0.121. The van der Waals surface area contributed by atoms with E-state index in [1.165, 1.54) is 12.1 Å². The minimum absolute atomic E-state index is 0.0596. The van der Waals surface area contributed by atoms with Gasteiger partial charge in [0.1, 0.15) is 11.4 Å². The maximum absolute atomic E-state index is 13.1. The molecule has 166 valence electrons. The Balaban J connectivity index is 1.80. The van der Waals surface area contributed by atoms with Crippen molar-refractivity contribution in [1.82, 2.24) is 4.90 Å². The summed E-state index contributed by atoms with van der Waals surface area (Å²) in [5, 5.41) is 0. The highest BCUT2D eigenvalue weighted by atomic mass is 19.3. The van der Waals surface area contributed by atoms with Gasteiger partial charge in [0.25, 0.3) is 0 Å². The van der Waals surface area contributed by atoms with Gasteiger partial charge in [-0.05, 0) is 29.7 Å². The molecule has 0 radical (unpaired) electrons. The fraction of sp³-hybridized carbons (Fsp3) is 0.391. The molecule has 1 unspecified atom stereocenters. The number of benzene rings is 2. The summed E-state index contributed by atoms with van der Waals surface area (Å²) in [4.78, 5) is 26.1. The van der Waals surface area contributed by atoms with Crippen molar-refractivity contribution in [2.24, 2.45) is 5.73 Å². The van der Waals surface area contributed by atoms with E-state index in [0.29, 0.717) is 25.8 Å². The van der Waals surface area contributed by atoms with E-state index in [2.05, 4.69) is 4.74 Å². The first kappa shape index (κ1) is 22.5. The zero-order chi connectivity index (χ0) is 22.4. The maximum atomic E-state index is 13.1. The van der Waals surface area contributed by atoms with E-state index in [-0.39, 0.29) is 18.2 Å². The van der Waals surface area contributed by atoms with E-state index in [9.17, 15) is 18.4 Å². The Morgan fingerprint density at radius 3 is 2.42 bits per heavy atom. The first-order valence-corrected chi connectivity index (χ1v) is 10.2. The van der Waals surface area contributed by atoms with Crippen molar-refractivity contribution in [3.05, 3.63) is 65.7 Å². The molecule has 6 nitrogen and oxygen atoms in total. The molecule has 1 fully saturated rings. The lowest BCUT2D eigenvalue weighted by atomic mass is 9.84. The number of ether oxygens (including phenoxy) is 2. The highest BCUT2D eigenvalue weighted by Gasteiger charge is 2.43. The minimum Gasteiger partial charge on any atom is -0.438 e. The van der Waals surface area contributed by atoms with Crippen molar-refractivity contribution >= 4 is 12.0 Å². The van der Waals surface area contributed by atoms with Gasteiger partial charge in [0.2, 0.25) is 5.91 Å². The number of nitrogens with two attached hydrogens (primary N) is 1. The predicted molar refractivity (Wildman–Crippen MR) is 110 cm³/mol. The van der Waals surface area contributed by atoms with Crippen molar-refractivity contribution in [3.63, 3.8) is 0 Å². The molecule has 3 rings (SSSR count). The van der Waals surface area contributed by atoms with Crippen LogP contribution in [-0.2, 0) is 15.1 Å². The lowest BCUT2D eigenvalue weighted by Crippen LogP contribution is -2.49. The van der Waals surface area contributed by atoms with Crippen molar-refractivity contribution in [2.75, 3.05) is 6.54 Å². The van der Waals surface area contributed by atoms with Crippen LogP contribution in [0.3, 0.4) is 0 Å². The molecule has 0 aliphatic carbocycles. The third kappa shape index (κ3) is 5.31. The third-order valence-corrected chi connectivity index (χ3v) is 5.60. The van der Waals surface area contributed by atoms with Crippen LogP contribution in [0, 0.1) is 0 Å². The molecule has 0 spiro atoms. The highest BCUT2D eigenvalue weighted by molar-refractivity contribution is 5.74. The number of amides is 2. The molecule has 0 aromatic heterocycles. The Hall–Kier alpha value is -3.16. The standard InChI is InChI=1S/C23H26F2N2O4/c1-2-19(16-8-10-18(11-9-16)30-21(24)25)27-15-14-23(31-22(27)29,13-12-20(26)28)17-6-4-3-5-7-17/h3-11,19,21H,2,12-15H2,1H3,(H2,26,28)/t19-,23?/m0/s1. The number of halogens is 2. The van der Waals surface area contributed by atoms with Gasteiger partial charge in [-0.25, -0.2) is 4.79 Å². The minimum atomic E-state index is -2.89. The molecule has 1 aliphatic heterocycles. The summed E-state index contributed by atoms with van der Waals surface area (Å²) in [7, 11) is 0.